The van der Waals surface area contributed by atoms with Crippen molar-refractivity contribution in [2.45, 2.75) is 40.0 Å². The van der Waals surface area contributed by atoms with E-state index in [4.69, 9.17) is 9.26 Å². The fourth-order valence-electron chi connectivity index (χ4n) is 2.97. The molecule has 136 valence electrons. The van der Waals surface area contributed by atoms with Gasteiger partial charge in [0.05, 0.1) is 13.0 Å². The highest BCUT2D eigenvalue weighted by Crippen LogP contribution is 2.25. The number of ether oxygens (including phenoxy) is 1. The highest BCUT2D eigenvalue weighted by atomic mass is 16.5. The van der Waals surface area contributed by atoms with Gasteiger partial charge in [-0.1, -0.05) is 24.6 Å². The molecule has 0 atom stereocenters. The van der Waals surface area contributed by atoms with Crippen molar-refractivity contribution in [2.24, 2.45) is 0 Å². The van der Waals surface area contributed by atoms with Gasteiger partial charge in [-0.15, -0.1) is 0 Å². The third-order valence-electron chi connectivity index (χ3n) is 4.22. The third-order valence-corrected chi connectivity index (χ3v) is 4.22. The minimum Gasteiger partial charge on any atom is -0.494 e. The molecule has 3 aromatic rings. The summed E-state index contributed by atoms with van der Waals surface area (Å²) < 4.78 is 11.0. The number of hydrogen-bond acceptors (Lipinski definition) is 4. The van der Waals surface area contributed by atoms with E-state index in [1.54, 1.807) is 0 Å². The predicted molar refractivity (Wildman–Crippen MR) is 103 cm³/mol. The van der Waals surface area contributed by atoms with Crippen LogP contribution in [0.2, 0.25) is 0 Å². The lowest BCUT2D eigenvalue weighted by atomic mass is 10.0. The van der Waals surface area contributed by atoms with Gasteiger partial charge in [-0.3, -0.25) is 4.79 Å². The Morgan fingerprint density at radius 1 is 1.19 bits per heavy atom. The van der Waals surface area contributed by atoms with Crippen molar-refractivity contribution < 1.29 is 14.1 Å². The smallest absolute Gasteiger partial charge is 0.230 e. The molecule has 0 aliphatic heterocycles. The first-order valence-corrected chi connectivity index (χ1v) is 8.95. The zero-order valence-corrected chi connectivity index (χ0v) is 15.5. The molecule has 0 radical (unpaired) electrons. The van der Waals surface area contributed by atoms with Crippen LogP contribution in [0.1, 0.15) is 36.6 Å². The lowest BCUT2D eigenvalue weighted by molar-refractivity contribution is -0.115. The maximum Gasteiger partial charge on any atom is 0.230 e. The molecule has 1 amide bonds. The molecule has 26 heavy (non-hydrogen) atoms. The summed E-state index contributed by atoms with van der Waals surface area (Å²) in [5, 5.41) is 7.89. The minimum atomic E-state index is -0.125. The highest BCUT2D eigenvalue weighted by Gasteiger charge is 2.15. The van der Waals surface area contributed by atoms with Crippen LogP contribution in [0.25, 0.3) is 11.0 Å². The molecule has 0 aliphatic carbocycles. The van der Waals surface area contributed by atoms with Gasteiger partial charge in [-0.25, -0.2) is 0 Å². The Morgan fingerprint density at radius 3 is 2.69 bits per heavy atom. The molecule has 0 fully saturated rings. The van der Waals surface area contributed by atoms with Gasteiger partial charge >= 0.3 is 0 Å². The summed E-state index contributed by atoms with van der Waals surface area (Å²) in [7, 11) is 0. The second kappa shape index (κ2) is 8.04. The molecular weight excluding hydrogens is 328 g/mol. The zero-order chi connectivity index (χ0) is 18.5. The first-order chi connectivity index (χ1) is 12.6. The van der Waals surface area contributed by atoms with Crippen molar-refractivity contribution in [1.29, 1.82) is 0 Å². The Bertz CT molecular complexity index is 898. The average molecular weight is 352 g/mol. The molecule has 0 saturated heterocycles. The maximum absolute atomic E-state index is 12.4. The Labute approximate surface area is 153 Å². The topological polar surface area (TPSA) is 64.4 Å². The van der Waals surface area contributed by atoms with E-state index in [2.05, 4.69) is 23.5 Å². The van der Waals surface area contributed by atoms with Crippen LogP contribution in [0.3, 0.4) is 0 Å². The number of fused-ring (bicyclic) bond motifs is 1. The predicted octanol–water partition coefficient (Wildman–Crippen LogP) is 4.80. The lowest BCUT2D eigenvalue weighted by Gasteiger charge is -2.08. The number of hydrogen-bond donors (Lipinski definition) is 1. The van der Waals surface area contributed by atoms with Crippen LogP contribution in [0.5, 0.6) is 5.75 Å². The second-order valence-electron chi connectivity index (χ2n) is 6.54. The van der Waals surface area contributed by atoms with E-state index in [-0.39, 0.29) is 12.3 Å². The summed E-state index contributed by atoms with van der Waals surface area (Å²) in [5.41, 5.74) is 4.30. The summed E-state index contributed by atoms with van der Waals surface area (Å²) in [6.45, 7) is 6.85. The molecular formula is C21H24N2O3. The monoisotopic (exact) mass is 352 g/mol. The number of carbonyl (C=O) groups is 1. The number of benzene rings is 2. The number of anilines is 1. The Balaban J connectivity index is 1.64. The Morgan fingerprint density at radius 2 is 1.96 bits per heavy atom. The van der Waals surface area contributed by atoms with Crippen LogP contribution < -0.4 is 10.1 Å². The number of rotatable bonds is 7. The van der Waals surface area contributed by atoms with E-state index in [9.17, 15) is 4.79 Å². The van der Waals surface area contributed by atoms with Gasteiger partial charge in [0.1, 0.15) is 11.4 Å². The van der Waals surface area contributed by atoms with E-state index in [0.717, 1.165) is 46.4 Å². The number of nitrogens with zero attached hydrogens (tertiary/aromatic N) is 1. The van der Waals surface area contributed by atoms with Gasteiger partial charge < -0.3 is 14.6 Å². The number of aromatic nitrogens is 1. The summed E-state index contributed by atoms with van der Waals surface area (Å²) in [6, 6.07) is 11.4. The molecule has 1 aromatic heterocycles. The number of nitrogens with one attached hydrogen (secondary N) is 1. The second-order valence-corrected chi connectivity index (χ2v) is 6.54. The van der Waals surface area contributed by atoms with Crippen molar-refractivity contribution in [3.05, 3.63) is 53.2 Å². The molecule has 5 heteroatoms. The lowest BCUT2D eigenvalue weighted by Crippen LogP contribution is -2.14. The van der Waals surface area contributed by atoms with Crippen LogP contribution >= 0.6 is 0 Å². The zero-order valence-electron chi connectivity index (χ0n) is 15.5. The van der Waals surface area contributed by atoms with E-state index in [0.29, 0.717) is 12.3 Å². The van der Waals surface area contributed by atoms with Gasteiger partial charge in [0.2, 0.25) is 5.91 Å². The SMILES string of the molecule is CCCCOc1ccc(NC(=O)Cc2noc3cc(C)cc(C)c23)cc1. The summed E-state index contributed by atoms with van der Waals surface area (Å²) >= 11 is 0. The molecule has 0 bridgehead atoms. The number of aryl methyl sites for hydroxylation is 2. The first kappa shape index (κ1) is 18.0. The molecule has 1 heterocycles. The summed E-state index contributed by atoms with van der Waals surface area (Å²) in [4.78, 5) is 12.4. The molecule has 5 nitrogen and oxygen atoms in total. The van der Waals surface area contributed by atoms with Gasteiger partial charge in [-0.2, -0.15) is 0 Å². The maximum atomic E-state index is 12.4. The van der Waals surface area contributed by atoms with Crippen molar-refractivity contribution in [2.75, 3.05) is 11.9 Å². The van der Waals surface area contributed by atoms with Crippen LogP contribution in [0, 0.1) is 13.8 Å². The third kappa shape index (κ3) is 4.23. The van der Waals surface area contributed by atoms with E-state index < -0.39 is 0 Å². The van der Waals surface area contributed by atoms with Crippen molar-refractivity contribution in [3.8, 4) is 5.75 Å². The molecule has 2 aromatic carbocycles. The van der Waals surface area contributed by atoms with Crippen LogP contribution in [-0.4, -0.2) is 17.7 Å². The average Bonchev–Trinajstić information content (AvgIpc) is 2.99. The quantitative estimate of drug-likeness (QED) is 0.620. The van der Waals surface area contributed by atoms with Crippen LogP contribution in [0.15, 0.2) is 40.9 Å². The highest BCUT2D eigenvalue weighted by molar-refractivity contribution is 5.95. The van der Waals surface area contributed by atoms with E-state index >= 15 is 0 Å². The van der Waals surface area contributed by atoms with Crippen molar-refractivity contribution in [1.82, 2.24) is 5.16 Å². The molecule has 1 N–H and O–H groups in total. The molecule has 0 unspecified atom stereocenters. The largest absolute Gasteiger partial charge is 0.494 e. The fourth-order valence-corrected chi connectivity index (χ4v) is 2.97. The molecule has 0 aliphatic rings. The van der Waals surface area contributed by atoms with Crippen molar-refractivity contribution >= 4 is 22.6 Å². The summed E-state index contributed by atoms with van der Waals surface area (Å²) in [6.07, 6.45) is 2.30. The normalized spacial score (nSPS) is 10.9. The Hall–Kier alpha value is -2.82. The number of amides is 1. The summed E-state index contributed by atoms with van der Waals surface area (Å²) in [5.74, 6) is 0.685. The van der Waals surface area contributed by atoms with Gasteiger partial charge in [-0.05, 0) is 61.7 Å². The number of carbonyl (C=O) groups excluding carboxylic acids is 1. The molecule has 3 rings (SSSR count). The van der Waals surface area contributed by atoms with Crippen LogP contribution in [-0.2, 0) is 11.2 Å². The van der Waals surface area contributed by atoms with Crippen LogP contribution in [0.4, 0.5) is 5.69 Å². The Kier molecular flexibility index (Phi) is 5.56. The first-order valence-electron chi connectivity index (χ1n) is 8.95. The standard InChI is InChI=1S/C21H24N2O3/c1-4-5-10-25-17-8-6-16(7-9-17)22-20(24)13-18-21-15(3)11-14(2)12-19(21)26-23-18/h6-9,11-12H,4-5,10,13H2,1-3H3,(H,22,24). The van der Waals surface area contributed by atoms with Gasteiger partial charge in [0.15, 0.2) is 5.58 Å². The number of unbranched alkanes of at least 4 members (excludes halogenated alkanes) is 1. The van der Waals surface area contributed by atoms with Gasteiger partial charge in [0, 0.05) is 11.1 Å². The molecule has 0 spiro atoms. The van der Waals surface area contributed by atoms with Crippen molar-refractivity contribution in [3.63, 3.8) is 0 Å². The van der Waals surface area contributed by atoms with E-state index in [1.807, 2.05) is 44.2 Å². The minimum absolute atomic E-state index is 0.125. The fraction of sp³-hybridized carbons (Fsp3) is 0.333. The molecule has 0 saturated carbocycles. The van der Waals surface area contributed by atoms with E-state index in [1.165, 1.54) is 0 Å². The van der Waals surface area contributed by atoms with Gasteiger partial charge in [0.25, 0.3) is 0 Å².